The molecular weight excluding hydrogens is 484 g/mol. The number of hydrogen-bond donors (Lipinski definition) is 1. The lowest BCUT2D eigenvalue weighted by atomic mass is 10.1. The van der Waals surface area contributed by atoms with Crippen LogP contribution in [0.15, 0.2) is 42.6 Å². The first-order valence-electron chi connectivity index (χ1n) is 9.29. The number of benzene rings is 1. The lowest BCUT2D eigenvalue weighted by Crippen LogP contribution is -2.48. The van der Waals surface area contributed by atoms with Gasteiger partial charge in [-0.1, -0.05) is 46.7 Å². The molecule has 1 aromatic carbocycles. The van der Waals surface area contributed by atoms with Gasteiger partial charge in [0.25, 0.3) is 5.91 Å². The molecule has 0 saturated carbocycles. The van der Waals surface area contributed by atoms with Gasteiger partial charge in [0.05, 0.1) is 22.5 Å². The van der Waals surface area contributed by atoms with Crippen molar-refractivity contribution >= 4 is 63.8 Å². The molecule has 0 radical (unpaired) electrons. The third-order valence-electron chi connectivity index (χ3n) is 4.75. The van der Waals surface area contributed by atoms with E-state index >= 15 is 0 Å². The Hall–Kier alpha value is -1.97. The van der Waals surface area contributed by atoms with Gasteiger partial charge in [0.15, 0.2) is 10.9 Å². The standard InChI is InChI=1S/C20H18Cl2FN5OS.ClH/c21-15-5-2-4-14(18(15)23)19(29)28-9-7-27(8-10-28)12-13-3-1-6-17(25-13)26-20-24-11-16(22)30-20;/h1-6,11H,7-10,12H2,(H,24,25,26);1H. The summed E-state index contributed by atoms with van der Waals surface area (Å²) in [6.07, 6.45) is 1.59. The Bertz CT molecular complexity index is 1060. The molecule has 1 saturated heterocycles. The normalized spacial score (nSPS) is 14.2. The minimum atomic E-state index is -0.665. The van der Waals surface area contributed by atoms with Crippen LogP contribution in [-0.2, 0) is 6.54 Å². The van der Waals surface area contributed by atoms with E-state index < -0.39 is 5.82 Å². The predicted octanol–water partition coefficient (Wildman–Crippen LogP) is 5.11. The zero-order chi connectivity index (χ0) is 21.1. The maximum absolute atomic E-state index is 14.2. The molecule has 1 aliphatic heterocycles. The average Bonchev–Trinajstić information content (AvgIpc) is 3.15. The van der Waals surface area contributed by atoms with E-state index in [9.17, 15) is 9.18 Å². The van der Waals surface area contributed by atoms with Gasteiger partial charge in [0.2, 0.25) is 0 Å². The van der Waals surface area contributed by atoms with E-state index in [4.69, 9.17) is 23.2 Å². The van der Waals surface area contributed by atoms with Gasteiger partial charge >= 0.3 is 0 Å². The first-order valence-corrected chi connectivity index (χ1v) is 10.9. The monoisotopic (exact) mass is 501 g/mol. The average molecular weight is 503 g/mol. The summed E-state index contributed by atoms with van der Waals surface area (Å²) in [5.41, 5.74) is 0.919. The molecule has 1 N–H and O–H groups in total. The number of pyridine rings is 1. The number of nitrogens with zero attached hydrogens (tertiary/aromatic N) is 4. The molecule has 0 bridgehead atoms. The molecule has 3 aromatic rings. The van der Waals surface area contributed by atoms with Crippen LogP contribution < -0.4 is 5.32 Å². The zero-order valence-corrected chi connectivity index (χ0v) is 19.4. The first-order chi connectivity index (χ1) is 14.5. The van der Waals surface area contributed by atoms with Gasteiger partial charge in [0, 0.05) is 32.7 Å². The van der Waals surface area contributed by atoms with Gasteiger partial charge in [-0.15, -0.1) is 12.4 Å². The van der Waals surface area contributed by atoms with Crippen molar-refractivity contribution in [3.63, 3.8) is 0 Å². The molecule has 164 valence electrons. The second-order valence-electron chi connectivity index (χ2n) is 6.78. The van der Waals surface area contributed by atoms with Gasteiger partial charge in [-0.2, -0.15) is 0 Å². The van der Waals surface area contributed by atoms with Crippen LogP contribution in [0.3, 0.4) is 0 Å². The fourth-order valence-corrected chi connectivity index (χ4v) is 4.23. The summed E-state index contributed by atoms with van der Waals surface area (Å²) in [6, 6.07) is 10.2. The third kappa shape index (κ3) is 5.84. The summed E-state index contributed by atoms with van der Waals surface area (Å²) in [5, 5.41) is 3.79. The summed E-state index contributed by atoms with van der Waals surface area (Å²) in [6.45, 7) is 3.03. The second kappa shape index (κ2) is 10.6. The second-order valence-corrected chi connectivity index (χ2v) is 8.85. The smallest absolute Gasteiger partial charge is 0.256 e. The molecule has 0 aliphatic carbocycles. The fourth-order valence-electron chi connectivity index (χ4n) is 3.24. The molecule has 2 aromatic heterocycles. The van der Waals surface area contributed by atoms with Gasteiger partial charge < -0.3 is 10.2 Å². The Morgan fingerprint density at radius 2 is 1.87 bits per heavy atom. The van der Waals surface area contributed by atoms with Crippen molar-refractivity contribution in [2.45, 2.75) is 6.54 Å². The highest BCUT2D eigenvalue weighted by Crippen LogP contribution is 2.25. The Kier molecular flexibility index (Phi) is 8.07. The number of hydrogen-bond acceptors (Lipinski definition) is 6. The Labute approximate surface area is 199 Å². The number of carbonyl (C=O) groups is 1. The predicted molar refractivity (Wildman–Crippen MR) is 124 cm³/mol. The van der Waals surface area contributed by atoms with Crippen LogP contribution in [0.1, 0.15) is 16.1 Å². The molecule has 31 heavy (non-hydrogen) atoms. The van der Waals surface area contributed by atoms with Crippen LogP contribution in [0.2, 0.25) is 9.36 Å². The zero-order valence-electron chi connectivity index (χ0n) is 16.2. The number of halogens is 4. The molecule has 4 rings (SSSR count). The summed E-state index contributed by atoms with van der Waals surface area (Å²) in [4.78, 5) is 25.3. The van der Waals surface area contributed by atoms with E-state index in [1.165, 1.54) is 23.5 Å². The molecule has 11 heteroatoms. The number of rotatable bonds is 5. The summed E-state index contributed by atoms with van der Waals surface area (Å²) < 4.78 is 14.8. The minimum Gasteiger partial charge on any atom is -0.336 e. The molecule has 3 heterocycles. The SMILES string of the molecule is Cl.O=C(c1cccc(Cl)c1F)N1CCN(Cc2cccc(Nc3ncc(Cl)s3)n2)CC1. The van der Waals surface area contributed by atoms with Crippen LogP contribution in [0, 0.1) is 5.82 Å². The highest BCUT2D eigenvalue weighted by Gasteiger charge is 2.25. The Morgan fingerprint density at radius 1 is 1.13 bits per heavy atom. The van der Waals surface area contributed by atoms with Gasteiger partial charge in [0.1, 0.15) is 10.2 Å². The van der Waals surface area contributed by atoms with E-state index in [0.29, 0.717) is 48.0 Å². The summed E-state index contributed by atoms with van der Waals surface area (Å²) >= 11 is 13.1. The molecular formula is C20H19Cl3FN5OS. The molecule has 1 aliphatic rings. The van der Waals surface area contributed by atoms with Gasteiger partial charge in [-0.3, -0.25) is 9.69 Å². The Morgan fingerprint density at radius 3 is 2.58 bits per heavy atom. The number of amides is 1. The van der Waals surface area contributed by atoms with E-state index in [1.54, 1.807) is 17.2 Å². The van der Waals surface area contributed by atoms with Crippen molar-refractivity contribution in [2.75, 3.05) is 31.5 Å². The number of aromatic nitrogens is 2. The van der Waals surface area contributed by atoms with Crippen molar-refractivity contribution in [2.24, 2.45) is 0 Å². The largest absolute Gasteiger partial charge is 0.336 e. The quantitative estimate of drug-likeness (QED) is 0.525. The number of nitrogens with one attached hydrogen (secondary N) is 1. The van der Waals surface area contributed by atoms with Crippen molar-refractivity contribution in [3.8, 4) is 0 Å². The van der Waals surface area contributed by atoms with E-state index in [2.05, 4.69) is 20.2 Å². The molecule has 1 fully saturated rings. The van der Waals surface area contributed by atoms with Gasteiger partial charge in [-0.05, 0) is 24.3 Å². The number of piperazine rings is 1. The third-order valence-corrected chi connectivity index (χ3v) is 6.07. The molecule has 0 unspecified atom stereocenters. The minimum absolute atomic E-state index is 0. The molecule has 1 amide bonds. The molecule has 0 atom stereocenters. The topological polar surface area (TPSA) is 61.4 Å². The van der Waals surface area contributed by atoms with E-state index in [-0.39, 0.29) is 28.9 Å². The first kappa shape index (κ1) is 23.7. The van der Waals surface area contributed by atoms with Crippen LogP contribution >= 0.6 is 46.9 Å². The lowest BCUT2D eigenvalue weighted by Gasteiger charge is -2.34. The fraction of sp³-hybridized carbons (Fsp3) is 0.250. The van der Waals surface area contributed by atoms with Crippen molar-refractivity contribution in [1.29, 1.82) is 0 Å². The van der Waals surface area contributed by atoms with Crippen LogP contribution in [0.4, 0.5) is 15.3 Å². The maximum atomic E-state index is 14.2. The van der Waals surface area contributed by atoms with Crippen LogP contribution in [0.5, 0.6) is 0 Å². The van der Waals surface area contributed by atoms with Crippen molar-refractivity contribution < 1.29 is 9.18 Å². The maximum Gasteiger partial charge on any atom is 0.256 e. The summed E-state index contributed by atoms with van der Waals surface area (Å²) in [5.74, 6) is -0.300. The summed E-state index contributed by atoms with van der Waals surface area (Å²) in [7, 11) is 0. The molecule has 0 spiro atoms. The lowest BCUT2D eigenvalue weighted by molar-refractivity contribution is 0.0622. The van der Waals surface area contributed by atoms with Crippen LogP contribution in [-0.4, -0.2) is 51.9 Å². The molecule has 6 nitrogen and oxygen atoms in total. The number of thiazole rings is 1. The van der Waals surface area contributed by atoms with E-state index in [0.717, 1.165) is 5.69 Å². The van der Waals surface area contributed by atoms with Crippen LogP contribution in [0.25, 0.3) is 0 Å². The number of carbonyl (C=O) groups excluding carboxylic acids is 1. The van der Waals surface area contributed by atoms with Crippen molar-refractivity contribution in [1.82, 2.24) is 19.8 Å². The van der Waals surface area contributed by atoms with Crippen molar-refractivity contribution in [3.05, 3.63) is 69.0 Å². The highest BCUT2D eigenvalue weighted by atomic mass is 35.5. The van der Waals surface area contributed by atoms with E-state index in [1.807, 2.05) is 18.2 Å². The number of anilines is 2. The van der Waals surface area contributed by atoms with Gasteiger partial charge in [-0.25, -0.2) is 14.4 Å². The highest BCUT2D eigenvalue weighted by molar-refractivity contribution is 7.19. The Balaban J connectivity index is 0.00000272.